The van der Waals surface area contributed by atoms with Crippen molar-refractivity contribution in [1.82, 2.24) is 19.7 Å². The third-order valence-electron chi connectivity index (χ3n) is 7.73. The number of benzene rings is 1. The Morgan fingerprint density at radius 2 is 1.94 bits per heavy atom. The topological polar surface area (TPSA) is 85.5 Å². The normalized spacial score (nSPS) is 29.2. The van der Waals surface area contributed by atoms with Gasteiger partial charge >= 0.3 is 6.01 Å². The molecule has 8 nitrogen and oxygen atoms in total. The number of morpholine rings is 1. The molecule has 1 aliphatic carbocycles. The van der Waals surface area contributed by atoms with Crippen LogP contribution in [0.2, 0.25) is 0 Å². The standard InChI is InChI=1S/C25H31N5O3/c1-15-8-17-12-26-30(21(17)10-20(15)16-4-6-25(2,31)7-5-16)23-11-22(27-24(28-23)32-3)29-13-19-9-18(29)14-33-19/h8,10-12,16,18-19,31H,4-7,9,13-14H2,1-3H3. The Hall–Kier alpha value is -2.71. The highest BCUT2D eigenvalue weighted by Gasteiger charge is 2.40. The number of aliphatic hydroxyl groups is 1. The van der Waals surface area contributed by atoms with E-state index in [1.165, 1.54) is 11.1 Å². The number of ether oxygens (including phenoxy) is 2. The first-order valence-electron chi connectivity index (χ1n) is 11.9. The molecule has 6 rings (SSSR count). The van der Waals surface area contributed by atoms with Gasteiger partial charge < -0.3 is 19.5 Å². The lowest BCUT2D eigenvalue weighted by molar-refractivity contribution is 0.0171. The summed E-state index contributed by atoms with van der Waals surface area (Å²) in [6.45, 7) is 5.72. The summed E-state index contributed by atoms with van der Waals surface area (Å²) in [6.07, 6.45) is 6.90. The molecule has 1 saturated carbocycles. The van der Waals surface area contributed by atoms with E-state index in [-0.39, 0.29) is 6.10 Å². The Morgan fingerprint density at radius 1 is 1.15 bits per heavy atom. The lowest BCUT2D eigenvalue weighted by atomic mass is 9.76. The molecule has 33 heavy (non-hydrogen) atoms. The van der Waals surface area contributed by atoms with Gasteiger partial charge in [0.25, 0.3) is 0 Å². The van der Waals surface area contributed by atoms with Crippen molar-refractivity contribution in [3.8, 4) is 11.8 Å². The van der Waals surface area contributed by atoms with Crippen LogP contribution < -0.4 is 9.64 Å². The van der Waals surface area contributed by atoms with E-state index in [1.54, 1.807) is 7.11 Å². The van der Waals surface area contributed by atoms with Crippen molar-refractivity contribution in [2.24, 2.45) is 0 Å². The summed E-state index contributed by atoms with van der Waals surface area (Å²) in [7, 11) is 1.60. The predicted molar refractivity (Wildman–Crippen MR) is 125 cm³/mol. The van der Waals surface area contributed by atoms with Gasteiger partial charge in [-0.3, -0.25) is 0 Å². The van der Waals surface area contributed by atoms with Crippen molar-refractivity contribution in [3.63, 3.8) is 0 Å². The highest BCUT2D eigenvalue weighted by molar-refractivity contribution is 5.82. The van der Waals surface area contributed by atoms with Crippen molar-refractivity contribution in [3.05, 3.63) is 35.5 Å². The maximum Gasteiger partial charge on any atom is 0.320 e. The molecular formula is C25H31N5O3. The van der Waals surface area contributed by atoms with Gasteiger partial charge in [0, 0.05) is 18.0 Å². The molecule has 8 heteroatoms. The average molecular weight is 450 g/mol. The van der Waals surface area contributed by atoms with E-state index < -0.39 is 5.60 Å². The van der Waals surface area contributed by atoms with E-state index in [0.717, 1.165) is 62.0 Å². The van der Waals surface area contributed by atoms with Crippen LogP contribution in [0.15, 0.2) is 24.4 Å². The number of fused-ring (bicyclic) bond motifs is 3. The quantitative estimate of drug-likeness (QED) is 0.652. The molecule has 2 unspecified atom stereocenters. The Bertz CT molecular complexity index is 1200. The molecule has 3 fully saturated rings. The number of hydrogen-bond acceptors (Lipinski definition) is 7. The van der Waals surface area contributed by atoms with Gasteiger partial charge in [-0.05, 0) is 75.1 Å². The molecule has 2 bridgehead atoms. The molecular weight excluding hydrogens is 418 g/mol. The minimum atomic E-state index is -0.537. The van der Waals surface area contributed by atoms with Crippen LogP contribution in [0.1, 0.15) is 56.1 Å². The minimum Gasteiger partial charge on any atom is -0.467 e. The summed E-state index contributed by atoms with van der Waals surface area (Å²) < 4.78 is 13.1. The van der Waals surface area contributed by atoms with E-state index >= 15 is 0 Å². The molecule has 0 spiro atoms. The molecule has 2 aromatic heterocycles. The van der Waals surface area contributed by atoms with Crippen LogP contribution in [0.5, 0.6) is 6.01 Å². The van der Waals surface area contributed by atoms with Crippen molar-refractivity contribution in [1.29, 1.82) is 0 Å². The van der Waals surface area contributed by atoms with Crippen LogP contribution in [0.25, 0.3) is 16.7 Å². The number of hydrogen-bond donors (Lipinski definition) is 1. The highest BCUT2D eigenvalue weighted by Crippen LogP contribution is 2.40. The molecule has 1 aromatic carbocycles. The average Bonchev–Trinajstić information content (AvgIpc) is 3.54. The molecule has 1 N–H and O–H groups in total. The van der Waals surface area contributed by atoms with Crippen LogP contribution in [0, 0.1) is 6.92 Å². The number of rotatable bonds is 4. The molecule has 2 aliphatic heterocycles. The molecule has 4 heterocycles. The van der Waals surface area contributed by atoms with E-state index in [2.05, 4.69) is 33.9 Å². The number of aromatic nitrogens is 4. The zero-order valence-corrected chi connectivity index (χ0v) is 19.5. The second-order valence-corrected chi connectivity index (χ2v) is 10.2. The Kier molecular flexibility index (Phi) is 4.85. The fourth-order valence-electron chi connectivity index (χ4n) is 5.81. The van der Waals surface area contributed by atoms with Crippen LogP contribution in [0.4, 0.5) is 5.82 Å². The summed E-state index contributed by atoms with van der Waals surface area (Å²) in [5.41, 5.74) is 3.12. The SMILES string of the molecule is COc1nc(N2CC3CC2CO3)cc(-n2ncc3cc(C)c(C4CCC(C)(O)CC4)cc32)n1. The maximum absolute atomic E-state index is 10.4. The van der Waals surface area contributed by atoms with Crippen LogP contribution in [-0.2, 0) is 4.74 Å². The van der Waals surface area contributed by atoms with E-state index in [9.17, 15) is 5.11 Å². The molecule has 3 aromatic rings. The second kappa shape index (κ2) is 7.67. The van der Waals surface area contributed by atoms with Crippen molar-refractivity contribution >= 4 is 16.7 Å². The molecule has 2 saturated heterocycles. The van der Waals surface area contributed by atoms with Crippen molar-refractivity contribution < 1.29 is 14.6 Å². The number of nitrogens with zero attached hydrogens (tertiary/aromatic N) is 5. The third-order valence-corrected chi connectivity index (χ3v) is 7.73. The van der Waals surface area contributed by atoms with Crippen LogP contribution in [-0.4, -0.2) is 62.9 Å². The third kappa shape index (κ3) is 3.65. The monoisotopic (exact) mass is 449 g/mol. The smallest absolute Gasteiger partial charge is 0.320 e. The van der Waals surface area contributed by atoms with E-state index in [0.29, 0.717) is 23.8 Å². The largest absolute Gasteiger partial charge is 0.467 e. The van der Waals surface area contributed by atoms with Crippen molar-refractivity contribution in [2.45, 2.75) is 69.6 Å². The fraction of sp³-hybridized carbons (Fsp3) is 0.560. The van der Waals surface area contributed by atoms with Crippen molar-refractivity contribution in [2.75, 3.05) is 25.2 Å². The van der Waals surface area contributed by atoms with E-state index in [4.69, 9.17) is 14.6 Å². The van der Waals surface area contributed by atoms with Crippen LogP contribution in [0.3, 0.4) is 0 Å². The molecule has 3 aliphatic rings. The highest BCUT2D eigenvalue weighted by atomic mass is 16.5. The van der Waals surface area contributed by atoms with Gasteiger partial charge in [-0.1, -0.05) is 0 Å². The predicted octanol–water partition coefficient (Wildman–Crippen LogP) is 3.52. The summed E-state index contributed by atoms with van der Waals surface area (Å²) in [5.74, 6) is 2.02. The lowest BCUT2D eigenvalue weighted by Crippen LogP contribution is -2.37. The van der Waals surface area contributed by atoms with Gasteiger partial charge in [-0.25, -0.2) is 4.68 Å². The van der Waals surface area contributed by atoms with Gasteiger partial charge in [0.2, 0.25) is 0 Å². The van der Waals surface area contributed by atoms with Gasteiger partial charge in [-0.2, -0.15) is 15.1 Å². The molecule has 0 amide bonds. The molecule has 174 valence electrons. The van der Waals surface area contributed by atoms with Gasteiger partial charge in [0.15, 0.2) is 5.82 Å². The molecule has 2 atom stereocenters. The fourth-order valence-corrected chi connectivity index (χ4v) is 5.81. The minimum absolute atomic E-state index is 0.284. The van der Waals surface area contributed by atoms with Gasteiger partial charge in [0.1, 0.15) is 5.82 Å². The maximum atomic E-state index is 10.4. The summed E-state index contributed by atoms with van der Waals surface area (Å²) in [6, 6.07) is 7.19. The number of aryl methyl sites for hydroxylation is 1. The summed E-state index contributed by atoms with van der Waals surface area (Å²) in [4.78, 5) is 11.6. The summed E-state index contributed by atoms with van der Waals surface area (Å²) in [5, 5.41) is 16.2. The summed E-state index contributed by atoms with van der Waals surface area (Å²) >= 11 is 0. The first-order chi connectivity index (χ1) is 15.9. The number of anilines is 1. The Balaban J connectivity index is 1.40. The first kappa shape index (κ1) is 20.9. The van der Waals surface area contributed by atoms with Gasteiger partial charge in [0.05, 0.1) is 43.2 Å². The lowest BCUT2D eigenvalue weighted by Gasteiger charge is -2.34. The molecule has 0 radical (unpaired) electrons. The zero-order valence-electron chi connectivity index (χ0n) is 19.5. The van der Waals surface area contributed by atoms with E-state index in [1.807, 2.05) is 23.9 Å². The van der Waals surface area contributed by atoms with Gasteiger partial charge in [-0.15, -0.1) is 0 Å². The second-order valence-electron chi connectivity index (χ2n) is 10.2. The van der Waals surface area contributed by atoms with Crippen LogP contribution >= 0.6 is 0 Å². The zero-order chi connectivity index (χ0) is 22.7. The first-order valence-corrected chi connectivity index (χ1v) is 11.9. The number of methoxy groups -OCH3 is 1. The Labute approximate surface area is 193 Å². The Morgan fingerprint density at radius 3 is 2.64 bits per heavy atom.